The van der Waals surface area contributed by atoms with Crippen LogP contribution >= 0.6 is 0 Å². The number of carbonyl (C=O) groups excluding carboxylic acids is 1. The smallest absolute Gasteiger partial charge is 0.460 e. The Morgan fingerprint density at radius 1 is 0.757 bits per heavy atom. The number of sulfonamides is 1. The molecule has 0 spiro atoms. The second-order valence-corrected chi connectivity index (χ2v) is 9.67. The molecule has 0 bridgehead atoms. The highest BCUT2D eigenvalue weighted by Crippen LogP contribution is 2.61. The van der Waals surface area contributed by atoms with Crippen molar-refractivity contribution < 1.29 is 75.0 Å². The first-order valence-electron chi connectivity index (χ1n) is 10.1. The van der Waals surface area contributed by atoms with Crippen LogP contribution in [0, 0.1) is 0 Å². The van der Waals surface area contributed by atoms with Gasteiger partial charge in [-0.25, -0.2) is 13.2 Å². The number of hydrogen-bond acceptors (Lipinski definition) is 4. The van der Waals surface area contributed by atoms with E-state index >= 15 is 0 Å². The third-order valence-corrected chi connectivity index (χ3v) is 6.66. The van der Waals surface area contributed by atoms with Crippen molar-refractivity contribution in [3.05, 3.63) is 12.2 Å². The third kappa shape index (κ3) is 6.44. The van der Waals surface area contributed by atoms with Crippen LogP contribution in [-0.4, -0.2) is 73.5 Å². The molecule has 5 nitrogen and oxygen atoms in total. The van der Waals surface area contributed by atoms with Crippen molar-refractivity contribution >= 4 is 16.0 Å². The topological polar surface area (TPSA) is 63.7 Å². The molecule has 0 rings (SSSR count). The molecule has 0 unspecified atom stereocenters. The molecule has 0 aromatic rings. The number of esters is 1. The van der Waals surface area contributed by atoms with Crippen molar-refractivity contribution in [2.24, 2.45) is 0 Å². The standard InChI is InChI=1S/C18H22F13NO4S/c1-4-5-8-32(9-6-7-10-36-12(33)11(2)3)37(34,35)18(30,31)16(25,26)14(21,22)13(19,20)15(23,24)17(27,28)29/h2,4-10H2,1,3H3. The molecule has 0 heterocycles. The number of rotatable bonds is 15. The van der Waals surface area contributed by atoms with Gasteiger partial charge in [-0.2, -0.15) is 61.4 Å². The lowest BCUT2D eigenvalue weighted by Gasteiger charge is -2.40. The minimum absolute atomic E-state index is 0.00373. The first kappa shape index (κ1) is 35.2. The molecular weight excluding hydrogens is 573 g/mol. The van der Waals surface area contributed by atoms with Crippen molar-refractivity contribution in [2.75, 3.05) is 19.7 Å². The van der Waals surface area contributed by atoms with Gasteiger partial charge < -0.3 is 4.74 Å². The van der Waals surface area contributed by atoms with Gasteiger partial charge in [0.1, 0.15) is 0 Å². The van der Waals surface area contributed by atoms with Gasteiger partial charge in [-0.3, -0.25) is 0 Å². The molecule has 0 saturated carbocycles. The lowest BCUT2D eigenvalue weighted by atomic mass is 9.98. The van der Waals surface area contributed by atoms with Gasteiger partial charge in [-0.1, -0.05) is 19.9 Å². The van der Waals surface area contributed by atoms with E-state index in [1.54, 1.807) is 0 Å². The van der Waals surface area contributed by atoms with E-state index in [-0.39, 0.29) is 24.8 Å². The summed E-state index contributed by atoms with van der Waals surface area (Å²) < 4.78 is 202. The van der Waals surface area contributed by atoms with Crippen molar-refractivity contribution in [1.29, 1.82) is 0 Å². The molecule has 0 amide bonds. The summed E-state index contributed by atoms with van der Waals surface area (Å²) in [4.78, 5) is 11.2. The van der Waals surface area contributed by atoms with E-state index < -0.39 is 81.5 Å². The van der Waals surface area contributed by atoms with Crippen LogP contribution in [0.4, 0.5) is 57.1 Å². The molecule has 0 aliphatic rings. The Bertz CT molecular complexity index is 917. The first-order chi connectivity index (χ1) is 16.3. The summed E-state index contributed by atoms with van der Waals surface area (Å²) in [7, 11) is -7.08. The Morgan fingerprint density at radius 2 is 1.19 bits per heavy atom. The zero-order valence-electron chi connectivity index (χ0n) is 19.1. The predicted molar refractivity (Wildman–Crippen MR) is 101 cm³/mol. The fraction of sp³-hybridized carbons (Fsp3) is 0.833. The molecule has 37 heavy (non-hydrogen) atoms. The molecule has 220 valence electrons. The van der Waals surface area contributed by atoms with E-state index in [4.69, 9.17) is 0 Å². The minimum atomic E-state index is -8.22. The Kier molecular flexibility index (Phi) is 11.0. The quantitative estimate of drug-likeness (QED) is 0.101. The zero-order chi connectivity index (χ0) is 29.9. The summed E-state index contributed by atoms with van der Waals surface area (Å²) in [5.74, 6) is -33.3. The Morgan fingerprint density at radius 3 is 1.59 bits per heavy atom. The van der Waals surface area contributed by atoms with Crippen LogP contribution in [0.1, 0.15) is 39.5 Å². The van der Waals surface area contributed by atoms with Gasteiger partial charge in [0.2, 0.25) is 0 Å². The molecule has 0 radical (unpaired) electrons. The maximum Gasteiger partial charge on any atom is 0.460 e. The van der Waals surface area contributed by atoms with Crippen LogP contribution in [0.25, 0.3) is 0 Å². The van der Waals surface area contributed by atoms with Gasteiger partial charge in [0, 0.05) is 18.7 Å². The second kappa shape index (κ2) is 11.5. The summed E-state index contributed by atoms with van der Waals surface area (Å²) in [5.41, 5.74) is -0.0668. The van der Waals surface area contributed by atoms with Crippen LogP contribution in [0.2, 0.25) is 0 Å². The molecule has 0 aromatic heterocycles. The van der Waals surface area contributed by atoms with Crippen LogP contribution < -0.4 is 0 Å². The van der Waals surface area contributed by atoms with E-state index in [2.05, 4.69) is 11.3 Å². The van der Waals surface area contributed by atoms with Crippen molar-refractivity contribution in [2.45, 2.75) is 74.7 Å². The van der Waals surface area contributed by atoms with Crippen molar-refractivity contribution in [3.63, 3.8) is 0 Å². The number of halogens is 13. The van der Waals surface area contributed by atoms with E-state index in [1.807, 2.05) is 0 Å². The Hall–Kier alpha value is -1.79. The SMILES string of the molecule is C=C(C)C(=O)OCCCCN(CCCC)S(=O)(=O)C(F)(F)C(F)(F)C(F)(F)C(F)(F)C(F)(F)C(F)(F)F. The van der Waals surface area contributed by atoms with Crippen LogP contribution in [0.15, 0.2) is 12.2 Å². The summed E-state index contributed by atoms with van der Waals surface area (Å²) >= 11 is 0. The van der Waals surface area contributed by atoms with Gasteiger partial charge in [0.25, 0.3) is 10.0 Å². The molecular formula is C18H22F13NO4S. The number of unbranched alkanes of at least 4 members (excludes halogenated alkanes) is 2. The second-order valence-electron chi connectivity index (χ2n) is 7.69. The molecule has 0 atom stereocenters. The maximum absolute atomic E-state index is 14.3. The van der Waals surface area contributed by atoms with Crippen LogP contribution in [0.3, 0.4) is 0 Å². The monoisotopic (exact) mass is 595 g/mol. The highest BCUT2D eigenvalue weighted by molar-refractivity contribution is 7.90. The molecule has 0 aliphatic carbocycles. The lowest BCUT2D eigenvalue weighted by molar-refractivity contribution is -0.433. The highest BCUT2D eigenvalue weighted by Gasteiger charge is 2.92. The molecule has 0 saturated heterocycles. The molecule has 0 aliphatic heterocycles. The number of ether oxygens (including phenoxy) is 1. The Balaban J connectivity index is 6.22. The molecule has 19 heteroatoms. The maximum atomic E-state index is 14.3. The van der Waals surface area contributed by atoms with E-state index in [9.17, 15) is 70.3 Å². The largest absolute Gasteiger partial charge is 0.462 e. The lowest BCUT2D eigenvalue weighted by Crippen LogP contribution is -2.71. The van der Waals surface area contributed by atoms with Crippen LogP contribution in [0.5, 0.6) is 0 Å². The first-order valence-corrected chi connectivity index (χ1v) is 11.5. The van der Waals surface area contributed by atoms with E-state index in [1.165, 1.54) is 13.8 Å². The van der Waals surface area contributed by atoms with Crippen LogP contribution in [-0.2, 0) is 19.6 Å². The van der Waals surface area contributed by atoms with Gasteiger partial charge >= 0.3 is 41.1 Å². The third-order valence-electron chi connectivity index (χ3n) is 4.71. The molecule has 0 fully saturated rings. The van der Waals surface area contributed by atoms with Crippen molar-refractivity contribution in [1.82, 2.24) is 4.31 Å². The average Bonchev–Trinajstić information content (AvgIpc) is 2.73. The number of nitrogens with zero attached hydrogens (tertiary/aromatic N) is 1. The normalized spacial score (nSPS) is 14.7. The summed E-state index contributed by atoms with van der Waals surface area (Å²) in [6, 6.07) is 0. The molecule has 0 aromatic carbocycles. The average molecular weight is 595 g/mol. The zero-order valence-corrected chi connectivity index (χ0v) is 19.9. The number of carbonyl (C=O) groups is 1. The highest BCUT2D eigenvalue weighted by atomic mass is 32.2. The number of hydrogen-bond donors (Lipinski definition) is 0. The Labute approximate surface area is 202 Å². The molecule has 0 N–H and O–H groups in total. The fourth-order valence-corrected chi connectivity index (χ4v) is 3.96. The summed E-state index contributed by atoms with van der Waals surface area (Å²) in [6.45, 7) is 3.10. The van der Waals surface area contributed by atoms with E-state index in [0.29, 0.717) is 0 Å². The van der Waals surface area contributed by atoms with Crippen molar-refractivity contribution in [3.8, 4) is 0 Å². The van der Waals surface area contributed by atoms with Gasteiger partial charge in [0.15, 0.2) is 0 Å². The van der Waals surface area contributed by atoms with Gasteiger partial charge in [0.05, 0.1) is 6.61 Å². The van der Waals surface area contributed by atoms with E-state index in [0.717, 1.165) is 0 Å². The minimum Gasteiger partial charge on any atom is -0.462 e. The number of alkyl halides is 13. The summed E-state index contributed by atoms with van der Waals surface area (Å²) in [6.07, 6.45) is -8.84. The van der Waals surface area contributed by atoms with Gasteiger partial charge in [-0.15, -0.1) is 0 Å². The fourth-order valence-electron chi connectivity index (χ4n) is 2.44. The summed E-state index contributed by atoms with van der Waals surface area (Å²) in [5, 5.41) is -7.28. The predicted octanol–water partition coefficient (Wildman–Crippen LogP) is 6.01. The van der Waals surface area contributed by atoms with Gasteiger partial charge in [-0.05, 0) is 26.2 Å².